The Labute approximate surface area is 123 Å². The molecule has 1 fully saturated rings. The zero-order valence-electron chi connectivity index (χ0n) is 11.7. The summed E-state index contributed by atoms with van der Waals surface area (Å²) in [7, 11) is 0. The lowest BCUT2D eigenvalue weighted by molar-refractivity contribution is -0.131. The van der Waals surface area contributed by atoms with Crippen LogP contribution in [0.1, 0.15) is 5.56 Å². The number of anilines is 1. The van der Waals surface area contributed by atoms with Crippen LogP contribution in [0.3, 0.4) is 0 Å². The minimum absolute atomic E-state index is 0.745. The van der Waals surface area contributed by atoms with Crippen molar-refractivity contribution in [3.8, 4) is 0 Å². The van der Waals surface area contributed by atoms with Crippen molar-refractivity contribution in [1.82, 2.24) is 0 Å². The SMILES string of the molecule is O=C(O)/C=C/c1ccc(N2CCOCC2)c2ccccc12. The first kappa shape index (κ1) is 13.6. The van der Waals surface area contributed by atoms with Crippen LogP contribution in [0.5, 0.6) is 0 Å². The van der Waals surface area contributed by atoms with Crippen molar-refractivity contribution < 1.29 is 14.6 Å². The van der Waals surface area contributed by atoms with Crippen molar-refractivity contribution in [2.45, 2.75) is 0 Å². The molecule has 0 aliphatic carbocycles. The Morgan fingerprint density at radius 2 is 1.81 bits per heavy atom. The second-order valence-corrected chi connectivity index (χ2v) is 4.99. The van der Waals surface area contributed by atoms with Gasteiger partial charge in [-0.1, -0.05) is 30.3 Å². The highest BCUT2D eigenvalue weighted by Gasteiger charge is 2.14. The number of carbonyl (C=O) groups is 1. The number of hydrogen-bond donors (Lipinski definition) is 1. The second-order valence-electron chi connectivity index (χ2n) is 4.99. The van der Waals surface area contributed by atoms with Crippen molar-refractivity contribution >= 4 is 28.5 Å². The Hall–Kier alpha value is -2.33. The van der Waals surface area contributed by atoms with E-state index in [1.54, 1.807) is 6.08 Å². The third-order valence-corrected chi connectivity index (χ3v) is 3.69. The highest BCUT2D eigenvalue weighted by atomic mass is 16.5. The van der Waals surface area contributed by atoms with E-state index in [0.717, 1.165) is 42.6 Å². The average Bonchev–Trinajstić information content (AvgIpc) is 2.53. The van der Waals surface area contributed by atoms with Crippen LogP contribution in [0.4, 0.5) is 5.69 Å². The standard InChI is InChI=1S/C17H17NO3/c19-17(20)8-6-13-5-7-16(18-9-11-21-12-10-18)15-4-2-1-3-14(13)15/h1-8H,9-12H2,(H,19,20)/b8-6+. The van der Waals surface area contributed by atoms with E-state index in [4.69, 9.17) is 9.84 Å². The predicted molar refractivity (Wildman–Crippen MR) is 83.6 cm³/mol. The predicted octanol–water partition coefficient (Wildman–Crippen LogP) is 2.77. The summed E-state index contributed by atoms with van der Waals surface area (Å²) < 4.78 is 5.40. The molecule has 0 unspecified atom stereocenters. The van der Waals surface area contributed by atoms with Gasteiger partial charge >= 0.3 is 5.97 Å². The summed E-state index contributed by atoms with van der Waals surface area (Å²) in [6.45, 7) is 3.26. The zero-order valence-corrected chi connectivity index (χ0v) is 11.7. The summed E-state index contributed by atoms with van der Waals surface area (Å²) >= 11 is 0. The van der Waals surface area contributed by atoms with Gasteiger partial charge in [-0.3, -0.25) is 0 Å². The zero-order chi connectivity index (χ0) is 14.7. The lowest BCUT2D eigenvalue weighted by Gasteiger charge is -2.30. The molecule has 2 aromatic carbocycles. The first-order valence-corrected chi connectivity index (χ1v) is 7.01. The maximum absolute atomic E-state index is 10.7. The fourth-order valence-electron chi connectivity index (χ4n) is 2.69. The fraction of sp³-hybridized carbons (Fsp3) is 0.235. The second kappa shape index (κ2) is 5.97. The number of aliphatic carboxylic acids is 1. The molecule has 4 heteroatoms. The molecule has 3 rings (SSSR count). The van der Waals surface area contributed by atoms with Gasteiger partial charge < -0.3 is 14.7 Å². The van der Waals surface area contributed by atoms with Crippen LogP contribution in [-0.4, -0.2) is 37.4 Å². The monoisotopic (exact) mass is 283 g/mol. The Balaban J connectivity index is 2.07. The van der Waals surface area contributed by atoms with E-state index >= 15 is 0 Å². The molecule has 108 valence electrons. The summed E-state index contributed by atoms with van der Waals surface area (Å²) in [5.74, 6) is -0.934. The smallest absolute Gasteiger partial charge is 0.328 e. The first-order valence-electron chi connectivity index (χ1n) is 7.01. The van der Waals surface area contributed by atoms with Crippen molar-refractivity contribution in [3.05, 3.63) is 48.0 Å². The lowest BCUT2D eigenvalue weighted by atomic mass is 10.0. The molecule has 4 nitrogen and oxygen atoms in total. The summed E-state index contributed by atoms with van der Waals surface area (Å²) in [6, 6.07) is 12.1. The minimum Gasteiger partial charge on any atom is -0.478 e. The summed E-state index contributed by atoms with van der Waals surface area (Å²) in [5, 5.41) is 11.0. The van der Waals surface area contributed by atoms with E-state index in [1.165, 1.54) is 11.8 Å². The van der Waals surface area contributed by atoms with Gasteiger partial charge in [0.05, 0.1) is 13.2 Å². The number of ether oxygens (including phenoxy) is 1. The molecule has 0 bridgehead atoms. The van der Waals surface area contributed by atoms with Gasteiger partial charge in [0.25, 0.3) is 0 Å². The van der Waals surface area contributed by atoms with Crippen molar-refractivity contribution in [3.63, 3.8) is 0 Å². The number of rotatable bonds is 3. The number of hydrogen-bond acceptors (Lipinski definition) is 3. The molecule has 0 aromatic heterocycles. The number of carboxylic acids is 1. The van der Waals surface area contributed by atoms with E-state index in [2.05, 4.69) is 17.0 Å². The van der Waals surface area contributed by atoms with Crippen LogP contribution in [0.25, 0.3) is 16.8 Å². The third-order valence-electron chi connectivity index (χ3n) is 3.69. The molecular weight excluding hydrogens is 266 g/mol. The van der Waals surface area contributed by atoms with E-state index in [0.29, 0.717) is 0 Å². The fourth-order valence-corrected chi connectivity index (χ4v) is 2.69. The Morgan fingerprint density at radius 1 is 1.10 bits per heavy atom. The van der Waals surface area contributed by atoms with Gasteiger partial charge in [0.15, 0.2) is 0 Å². The Morgan fingerprint density at radius 3 is 2.52 bits per heavy atom. The van der Waals surface area contributed by atoms with Gasteiger partial charge in [-0.05, 0) is 23.1 Å². The van der Waals surface area contributed by atoms with Crippen LogP contribution in [-0.2, 0) is 9.53 Å². The molecule has 2 aromatic rings. The Bertz CT molecular complexity index is 687. The number of benzene rings is 2. The molecule has 1 saturated heterocycles. The van der Waals surface area contributed by atoms with Gasteiger partial charge in [0.1, 0.15) is 0 Å². The molecule has 21 heavy (non-hydrogen) atoms. The van der Waals surface area contributed by atoms with E-state index in [1.807, 2.05) is 24.3 Å². The largest absolute Gasteiger partial charge is 0.478 e. The first-order chi connectivity index (χ1) is 10.3. The van der Waals surface area contributed by atoms with Gasteiger partial charge in [-0.15, -0.1) is 0 Å². The minimum atomic E-state index is -0.934. The van der Waals surface area contributed by atoms with Crippen LogP contribution in [0.15, 0.2) is 42.5 Å². The van der Waals surface area contributed by atoms with E-state index in [-0.39, 0.29) is 0 Å². The molecule has 1 aliphatic heterocycles. The van der Waals surface area contributed by atoms with Crippen molar-refractivity contribution in [2.24, 2.45) is 0 Å². The third kappa shape index (κ3) is 2.90. The molecular formula is C17H17NO3. The van der Waals surface area contributed by atoms with E-state index < -0.39 is 5.97 Å². The normalized spacial score (nSPS) is 15.7. The maximum atomic E-state index is 10.7. The number of fused-ring (bicyclic) bond motifs is 1. The molecule has 0 spiro atoms. The van der Waals surface area contributed by atoms with Gasteiger partial charge in [-0.2, -0.15) is 0 Å². The van der Waals surface area contributed by atoms with Gasteiger partial charge in [0.2, 0.25) is 0 Å². The van der Waals surface area contributed by atoms with Gasteiger partial charge in [-0.25, -0.2) is 4.79 Å². The molecule has 1 N–H and O–H groups in total. The summed E-state index contributed by atoms with van der Waals surface area (Å²) in [5.41, 5.74) is 2.10. The summed E-state index contributed by atoms with van der Waals surface area (Å²) in [4.78, 5) is 13.0. The number of morpholine rings is 1. The van der Waals surface area contributed by atoms with Crippen molar-refractivity contribution in [2.75, 3.05) is 31.2 Å². The van der Waals surface area contributed by atoms with Crippen LogP contribution in [0, 0.1) is 0 Å². The van der Waals surface area contributed by atoms with Crippen LogP contribution in [0.2, 0.25) is 0 Å². The van der Waals surface area contributed by atoms with Crippen molar-refractivity contribution in [1.29, 1.82) is 0 Å². The molecule has 1 aliphatic rings. The Kier molecular flexibility index (Phi) is 3.88. The number of nitrogens with zero attached hydrogens (tertiary/aromatic N) is 1. The van der Waals surface area contributed by atoms with Crippen LogP contribution >= 0.6 is 0 Å². The van der Waals surface area contributed by atoms with E-state index in [9.17, 15) is 4.79 Å². The molecule has 1 heterocycles. The molecule has 0 saturated carbocycles. The topological polar surface area (TPSA) is 49.8 Å². The molecule has 0 amide bonds. The highest BCUT2D eigenvalue weighted by molar-refractivity contribution is 6.01. The van der Waals surface area contributed by atoms with Gasteiger partial charge in [0, 0.05) is 30.2 Å². The highest BCUT2D eigenvalue weighted by Crippen LogP contribution is 2.30. The molecule has 0 atom stereocenters. The quantitative estimate of drug-likeness (QED) is 0.880. The maximum Gasteiger partial charge on any atom is 0.328 e. The lowest BCUT2D eigenvalue weighted by Crippen LogP contribution is -2.36. The summed E-state index contributed by atoms with van der Waals surface area (Å²) in [6.07, 6.45) is 2.82. The molecule has 0 radical (unpaired) electrons. The average molecular weight is 283 g/mol. The van der Waals surface area contributed by atoms with Crippen LogP contribution < -0.4 is 4.90 Å². The number of carboxylic acid groups (broad SMARTS) is 1.